The van der Waals surface area contributed by atoms with E-state index in [1.165, 1.54) is 12.0 Å². The van der Waals surface area contributed by atoms with Crippen LogP contribution in [0.25, 0.3) is 0 Å². The Labute approximate surface area is 105 Å². The zero-order valence-electron chi connectivity index (χ0n) is 11.7. The van der Waals surface area contributed by atoms with Crippen molar-refractivity contribution in [2.45, 2.75) is 64.3 Å². The number of aryl methyl sites for hydroxylation is 1. The van der Waals surface area contributed by atoms with Crippen LogP contribution in [-0.2, 0) is 10.8 Å². The molecule has 0 bridgehead atoms. The van der Waals surface area contributed by atoms with Gasteiger partial charge in [0, 0.05) is 0 Å². The first-order valence-electron chi connectivity index (χ1n) is 6.55. The van der Waals surface area contributed by atoms with E-state index in [1.54, 1.807) is 6.26 Å². The molecular weight excluding hydrogens is 228 g/mol. The molecule has 1 aromatic rings. The Kier molecular flexibility index (Phi) is 3.25. The summed E-state index contributed by atoms with van der Waals surface area (Å²) in [5, 5.41) is 0.261. The van der Waals surface area contributed by atoms with Gasteiger partial charge in [-0.3, -0.25) is 0 Å². The zero-order valence-corrected chi connectivity index (χ0v) is 12.7. The Bertz CT molecular complexity index is 387. The van der Waals surface area contributed by atoms with Gasteiger partial charge in [0.15, 0.2) is 8.32 Å². The normalized spacial score (nSPS) is 21.4. The molecular formula is C14H24O2Si. The minimum absolute atomic E-state index is 0.189. The van der Waals surface area contributed by atoms with Crippen LogP contribution in [0.4, 0.5) is 0 Å². The van der Waals surface area contributed by atoms with Crippen molar-refractivity contribution in [1.29, 1.82) is 0 Å². The average Bonchev–Trinajstić information content (AvgIpc) is 2.64. The van der Waals surface area contributed by atoms with Gasteiger partial charge >= 0.3 is 0 Å². The molecule has 1 aliphatic carbocycles. The Morgan fingerprint density at radius 1 is 1.35 bits per heavy atom. The molecule has 1 aliphatic rings. The maximum absolute atomic E-state index is 6.47. The van der Waals surface area contributed by atoms with E-state index >= 15 is 0 Å². The molecule has 17 heavy (non-hydrogen) atoms. The van der Waals surface area contributed by atoms with E-state index in [2.05, 4.69) is 39.9 Å². The van der Waals surface area contributed by atoms with Crippen LogP contribution in [0.2, 0.25) is 18.1 Å². The lowest BCUT2D eigenvalue weighted by Gasteiger charge is -2.39. The minimum atomic E-state index is -1.69. The van der Waals surface area contributed by atoms with Crippen LogP contribution < -0.4 is 0 Å². The third-order valence-corrected chi connectivity index (χ3v) is 8.71. The lowest BCUT2D eigenvalue weighted by atomic mass is 9.96. The summed E-state index contributed by atoms with van der Waals surface area (Å²) in [5.41, 5.74) is 1.35. The molecule has 0 fully saturated rings. The highest BCUT2D eigenvalue weighted by molar-refractivity contribution is 6.74. The Morgan fingerprint density at radius 3 is 2.71 bits per heavy atom. The van der Waals surface area contributed by atoms with Crippen LogP contribution in [0.5, 0.6) is 0 Å². The highest BCUT2D eigenvalue weighted by Gasteiger charge is 2.40. The zero-order chi connectivity index (χ0) is 12.7. The van der Waals surface area contributed by atoms with Gasteiger partial charge in [-0.1, -0.05) is 20.8 Å². The largest absolute Gasteiger partial charge is 0.466 e. The molecule has 2 rings (SSSR count). The summed E-state index contributed by atoms with van der Waals surface area (Å²) in [6.07, 6.45) is 5.45. The Balaban J connectivity index is 2.17. The maximum Gasteiger partial charge on any atom is 0.193 e. The quantitative estimate of drug-likeness (QED) is 0.713. The van der Waals surface area contributed by atoms with Gasteiger partial charge in [-0.15, -0.1) is 0 Å². The number of hydrogen-bond acceptors (Lipinski definition) is 2. The summed E-state index contributed by atoms with van der Waals surface area (Å²) < 4.78 is 12.1. The first-order chi connectivity index (χ1) is 7.81. The van der Waals surface area contributed by atoms with Crippen LogP contribution in [-0.4, -0.2) is 8.32 Å². The lowest BCUT2D eigenvalue weighted by molar-refractivity contribution is 0.137. The van der Waals surface area contributed by atoms with Crippen molar-refractivity contribution < 1.29 is 8.84 Å². The molecule has 0 saturated heterocycles. The molecule has 0 spiro atoms. The van der Waals surface area contributed by atoms with Crippen LogP contribution in [0.3, 0.4) is 0 Å². The molecule has 0 amide bonds. The van der Waals surface area contributed by atoms with Crippen LogP contribution in [0.1, 0.15) is 51.0 Å². The summed E-state index contributed by atoms with van der Waals surface area (Å²) >= 11 is 0. The van der Waals surface area contributed by atoms with E-state index in [-0.39, 0.29) is 11.1 Å². The highest BCUT2D eigenvalue weighted by Crippen LogP contribution is 2.42. The summed E-state index contributed by atoms with van der Waals surface area (Å²) in [6, 6.07) is 2.09. The van der Waals surface area contributed by atoms with E-state index in [0.29, 0.717) is 0 Å². The Morgan fingerprint density at radius 2 is 2.06 bits per heavy atom. The second-order valence-corrected chi connectivity index (χ2v) is 11.3. The number of fused-ring (bicyclic) bond motifs is 1. The summed E-state index contributed by atoms with van der Waals surface area (Å²) in [4.78, 5) is 0. The first-order valence-corrected chi connectivity index (χ1v) is 9.46. The molecule has 0 aliphatic heterocycles. The fraction of sp³-hybridized carbons (Fsp3) is 0.714. The lowest BCUT2D eigenvalue weighted by Crippen LogP contribution is -2.42. The Hall–Kier alpha value is -0.543. The maximum atomic E-state index is 6.47. The van der Waals surface area contributed by atoms with Gasteiger partial charge in [0.05, 0.1) is 6.26 Å². The second kappa shape index (κ2) is 4.29. The molecule has 0 radical (unpaired) electrons. The molecule has 3 heteroatoms. The molecule has 0 saturated carbocycles. The number of rotatable bonds is 2. The predicted octanol–water partition coefficient (Wildman–Crippen LogP) is 4.68. The minimum Gasteiger partial charge on any atom is -0.466 e. The predicted molar refractivity (Wildman–Crippen MR) is 72.7 cm³/mol. The molecule has 1 heterocycles. The smallest absolute Gasteiger partial charge is 0.193 e. The van der Waals surface area contributed by atoms with Crippen molar-refractivity contribution in [2.75, 3.05) is 0 Å². The standard InChI is InChI=1S/C14H24O2Si/c1-14(2,3)17(4,5)16-12-8-6-7-11-9-10-15-13(11)12/h9-10,12H,6-8H2,1-5H3/t12-/m0/s1. The summed E-state index contributed by atoms with van der Waals surface area (Å²) in [7, 11) is -1.69. The number of furan rings is 1. The van der Waals surface area contributed by atoms with Crippen LogP contribution in [0, 0.1) is 0 Å². The van der Waals surface area contributed by atoms with Gasteiger partial charge in [0.2, 0.25) is 0 Å². The van der Waals surface area contributed by atoms with E-state index in [4.69, 9.17) is 8.84 Å². The van der Waals surface area contributed by atoms with Crippen molar-refractivity contribution >= 4 is 8.32 Å². The first kappa shape index (κ1) is 12.9. The fourth-order valence-corrected chi connectivity index (χ4v) is 3.38. The van der Waals surface area contributed by atoms with Crippen molar-refractivity contribution in [3.63, 3.8) is 0 Å². The fourth-order valence-electron chi connectivity index (χ4n) is 2.09. The molecule has 0 aromatic carbocycles. The molecule has 96 valence electrons. The third-order valence-electron chi connectivity index (χ3n) is 4.23. The SMILES string of the molecule is CC(C)(C)[Si](C)(C)O[C@H]1CCCc2ccoc21. The van der Waals surface area contributed by atoms with Gasteiger partial charge in [0.25, 0.3) is 0 Å². The van der Waals surface area contributed by atoms with Crippen molar-refractivity contribution in [3.05, 3.63) is 23.7 Å². The topological polar surface area (TPSA) is 22.4 Å². The van der Waals surface area contributed by atoms with E-state index in [0.717, 1.165) is 18.6 Å². The van der Waals surface area contributed by atoms with E-state index in [9.17, 15) is 0 Å². The van der Waals surface area contributed by atoms with Crippen molar-refractivity contribution in [3.8, 4) is 0 Å². The van der Waals surface area contributed by atoms with E-state index in [1.807, 2.05) is 0 Å². The van der Waals surface area contributed by atoms with Crippen LogP contribution >= 0.6 is 0 Å². The molecule has 0 unspecified atom stereocenters. The second-order valence-electron chi connectivity index (χ2n) is 6.57. The number of hydrogen-bond donors (Lipinski definition) is 0. The van der Waals surface area contributed by atoms with Gasteiger partial charge in [-0.05, 0) is 49.0 Å². The van der Waals surface area contributed by atoms with Gasteiger partial charge in [-0.2, -0.15) is 0 Å². The summed E-state index contributed by atoms with van der Waals surface area (Å²) in [5.74, 6) is 1.08. The van der Waals surface area contributed by atoms with Gasteiger partial charge in [0.1, 0.15) is 11.9 Å². The van der Waals surface area contributed by atoms with Crippen LogP contribution in [0.15, 0.2) is 16.7 Å². The van der Waals surface area contributed by atoms with Crippen molar-refractivity contribution in [2.24, 2.45) is 0 Å². The van der Waals surface area contributed by atoms with Gasteiger partial charge < -0.3 is 8.84 Å². The molecule has 1 aromatic heterocycles. The van der Waals surface area contributed by atoms with E-state index < -0.39 is 8.32 Å². The molecule has 1 atom stereocenters. The average molecular weight is 252 g/mol. The monoisotopic (exact) mass is 252 g/mol. The van der Waals surface area contributed by atoms with Crippen molar-refractivity contribution in [1.82, 2.24) is 0 Å². The third kappa shape index (κ3) is 2.50. The summed E-state index contributed by atoms with van der Waals surface area (Å²) in [6.45, 7) is 11.5. The molecule has 0 N–H and O–H groups in total. The molecule has 2 nitrogen and oxygen atoms in total. The van der Waals surface area contributed by atoms with Gasteiger partial charge in [-0.25, -0.2) is 0 Å². The highest BCUT2D eigenvalue weighted by atomic mass is 28.4.